The van der Waals surface area contributed by atoms with Gasteiger partial charge in [0.25, 0.3) is 11.8 Å². The van der Waals surface area contributed by atoms with E-state index in [1.807, 2.05) is 0 Å². The van der Waals surface area contributed by atoms with Crippen LogP contribution in [-0.2, 0) is 0 Å². The maximum Gasteiger partial charge on any atom is 0.322 e. The Morgan fingerprint density at radius 1 is 1.00 bits per heavy atom. The fourth-order valence-electron chi connectivity index (χ4n) is 1.85. The van der Waals surface area contributed by atoms with Crippen LogP contribution in [0.3, 0.4) is 0 Å². The van der Waals surface area contributed by atoms with Gasteiger partial charge in [0.05, 0.1) is 12.5 Å². The Morgan fingerprint density at radius 3 is 2.52 bits per heavy atom. The smallest absolute Gasteiger partial charge is 0.322 e. The van der Waals surface area contributed by atoms with Gasteiger partial charge in [-0.2, -0.15) is 0 Å². The van der Waals surface area contributed by atoms with Gasteiger partial charge in [0.2, 0.25) is 5.76 Å². The highest BCUT2D eigenvalue weighted by atomic mass is 16.5. The van der Waals surface area contributed by atoms with Crippen molar-refractivity contribution in [2.24, 2.45) is 0 Å². The average Bonchev–Trinajstić information content (AvgIpc) is 3.30. The first-order valence-corrected chi connectivity index (χ1v) is 6.49. The summed E-state index contributed by atoms with van der Waals surface area (Å²) in [6, 6.07) is 8.10. The number of hydrogen-bond acceptors (Lipinski definition) is 8. The minimum Gasteiger partial charge on any atom is -0.461 e. The molecule has 4 aromatic heterocycles. The number of aromatic nitrogens is 3. The second-order valence-corrected chi connectivity index (χ2v) is 4.40. The number of nitrogens with one attached hydrogen (secondary N) is 1. The number of furan rings is 2. The fourth-order valence-corrected chi connectivity index (χ4v) is 1.85. The number of nitrogens with zero attached hydrogens (tertiary/aromatic N) is 3. The van der Waals surface area contributed by atoms with Crippen molar-refractivity contribution in [2.75, 3.05) is 5.32 Å². The highest BCUT2D eigenvalue weighted by Crippen LogP contribution is 2.22. The number of anilines is 1. The molecule has 4 aromatic rings. The number of hydrogen-bond donors (Lipinski definition) is 1. The van der Waals surface area contributed by atoms with Gasteiger partial charge in [0.15, 0.2) is 17.2 Å². The maximum atomic E-state index is 12.1. The fraction of sp³-hybridized carbons (Fsp3) is 0. The first-order valence-electron chi connectivity index (χ1n) is 6.49. The number of amides is 1. The van der Waals surface area contributed by atoms with Crippen LogP contribution in [-0.4, -0.2) is 21.3 Å². The van der Waals surface area contributed by atoms with E-state index in [1.54, 1.807) is 24.3 Å². The lowest BCUT2D eigenvalue weighted by Crippen LogP contribution is -2.12. The molecule has 9 heteroatoms. The summed E-state index contributed by atoms with van der Waals surface area (Å²) in [5.41, 5.74) is 0.0501. The molecule has 4 heterocycles. The van der Waals surface area contributed by atoms with Crippen LogP contribution in [0.25, 0.3) is 23.2 Å². The summed E-state index contributed by atoms with van der Waals surface area (Å²) in [5.74, 6) is 0.805. The van der Waals surface area contributed by atoms with E-state index in [1.165, 1.54) is 18.6 Å². The third-order valence-electron chi connectivity index (χ3n) is 2.88. The lowest BCUT2D eigenvalue weighted by molar-refractivity contribution is 0.101. The third kappa shape index (κ3) is 2.50. The first-order chi connectivity index (χ1) is 11.3. The molecular weight excluding hydrogens is 304 g/mol. The molecular formula is C14H8N4O5. The summed E-state index contributed by atoms with van der Waals surface area (Å²) < 4.78 is 20.6. The van der Waals surface area contributed by atoms with Crippen molar-refractivity contribution in [1.82, 2.24) is 15.4 Å². The molecule has 0 aliphatic carbocycles. The molecule has 0 saturated heterocycles. The van der Waals surface area contributed by atoms with Crippen LogP contribution in [0.5, 0.6) is 0 Å². The summed E-state index contributed by atoms with van der Waals surface area (Å²) >= 11 is 0. The molecule has 23 heavy (non-hydrogen) atoms. The minimum atomic E-state index is -0.554. The molecule has 4 rings (SSSR count). The normalized spacial score (nSPS) is 10.8. The third-order valence-corrected chi connectivity index (χ3v) is 2.88. The maximum absolute atomic E-state index is 12.1. The second-order valence-electron chi connectivity index (χ2n) is 4.40. The van der Waals surface area contributed by atoms with Crippen LogP contribution in [0.15, 0.2) is 60.6 Å². The Hall–Kier alpha value is -3.62. The molecule has 0 fully saturated rings. The topological polar surface area (TPSA) is 120 Å². The molecule has 0 unspecified atom stereocenters. The summed E-state index contributed by atoms with van der Waals surface area (Å²) in [6.45, 7) is 0. The Morgan fingerprint density at radius 2 is 1.78 bits per heavy atom. The average molecular weight is 312 g/mol. The van der Waals surface area contributed by atoms with Gasteiger partial charge >= 0.3 is 6.01 Å². The predicted octanol–water partition coefficient (Wildman–Crippen LogP) is 2.83. The van der Waals surface area contributed by atoms with E-state index in [0.29, 0.717) is 17.3 Å². The quantitative estimate of drug-likeness (QED) is 0.610. The molecule has 9 nitrogen and oxygen atoms in total. The van der Waals surface area contributed by atoms with Crippen molar-refractivity contribution < 1.29 is 22.6 Å². The molecule has 1 amide bonds. The molecule has 0 aromatic carbocycles. The van der Waals surface area contributed by atoms with E-state index in [-0.39, 0.29) is 17.6 Å². The lowest BCUT2D eigenvalue weighted by atomic mass is 10.3. The first kappa shape index (κ1) is 13.1. The number of carbonyl (C=O) groups is 1. The van der Waals surface area contributed by atoms with Crippen molar-refractivity contribution in [3.63, 3.8) is 0 Å². The van der Waals surface area contributed by atoms with Crippen molar-refractivity contribution in [3.05, 3.63) is 48.6 Å². The van der Waals surface area contributed by atoms with Gasteiger partial charge in [-0.3, -0.25) is 10.1 Å². The van der Waals surface area contributed by atoms with Gasteiger partial charge in [-0.25, -0.2) is 0 Å². The molecule has 1 N–H and O–H groups in total. The monoisotopic (exact) mass is 312 g/mol. The van der Waals surface area contributed by atoms with Crippen molar-refractivity contribution in [1.29, 1.82) is 0 Å². The zero-order valence-electron chi connectivity index (χ0n) is 11.4. The number of rotatable bonds is 4. The highest BCUT2D eigenvalue weighted by Gasteiger charge is 2.18. The van der Waals surface area contributed by atoms with Crippen molar-refractivity contribution in [3.8, 4) is 23.2 Å². The summed E-state index contributed by atoms with van der Waals surface area (Å²) in [4.78, 5) is 12.1. The molecule has 0 atom stereocenters. The standard InChI is InChI=1S/C14H8N4O5/c19-12(8-7-11(23-18-8)9-3-1-5-20-9)15-14-17-16-13(22-14)10-4-2-6-21-10/h1-7H,(H,15,17,19). The molecule has 0 aliphatic heterocycles. The highest BCUT2D eigenvalue weighted by molar-refractivity contribution is 6.02. The Balaban J connectivity index is 1.50. The Labute approximate surface area is 127 Å². The summed E-state index contributed by atoms with van der Waals surface area (Å²) in [6.07, 6.45) is 2.97. The van der Waals surface area contributed by atoms with E-state index < -0.39 is 5.91 Å². The van der Waals surface area contributed by atoms with Crippen LogP contribution in [0.4, 0.5) is 6.01 Å². The van der Waals surface area contributed by atoms with Crippen LogP contribution in [0.2, 0.25) is 0 Å². The van der Waals surface area contributed by atoms with Crippen LogP contribution < -0.4 is 5.32 Å². The SMILES string of the molecule is O=C(Nc1nnc(-c2ccco2)o1)c1cc(-c2ccco2)on1. The van der Waals surface area contributed by atoms with E-state index >= 15 is 0 Å². The molecule has 0 bridgehead atoms. The molecule has 0 saturated carbocycles. The van der Waals surface area contributed by atoms with E-state index in [4.69, 9.17) is 17.8 Å². The van der Waals surface area contributed by atoms with Gasteiger partial charge in [-0.05, 0) is 24.3 Å². The predicted molar refractivity (Wildman–Crippen MR) is 74.2 cm³/mol. The zero-order valence-corrected chi connectivity index (χ0v) is 11.4. The van der Waals surface area contributed by atoms with Gasteiger partial charge in [0, 0.05) is 6.07 Å². The summed E-state index contributed by atoms with van der Waals surface area (Å²) in [7, 11) is 0. The summed E-state index contributed by atoms with van der Waals surface area (Å²) in [5, 5.41) is 13.6. The second kappa shape index (κ2) is 5.30. The largest absolute Gasteiger partial charge is 0.461 e. The number of carbonyl (C=O) groups excluding carboxylic acids is 1. The van der Waals surface area contributed by atoms with Crippen LogP contribution in [0, 0.1) is 0 Å². The van der Waals surface area contributed by atoms with Crippen LogP contribution >= 0.6 is 0 Å². The lowest BCUT2D eigenvalue weighted by Gasteiger charge is -1.94. The molecule has 0 spiro atoms. The zero-order chi connectivity index (χ0) is 15.6. The van der Waals surface area contributed by atoms with Crippen molar-refractivity contribution in [2.45, 2.75) is 0 Å². The van der Waals surface area contributed by atoms with Gasteiger partial charge in [-0.1, -0.05) is 10.3 Å². The Kier molecular flexibility index (Phi) is 3.01. The molecule has 0 aliphatic rings. The minimum absolute atomic E-state index is 0.0501. The van der Waals surface area contributed by atoms with Gasteiger partial charge in [0.1, 0.15) is 0 Å². The van der Waals surface area contributed by atoms with E-state index in [0.717, 1.165) is 0 Å². The van der Waals surface area contributed by atoms with Gasteiger partial charge < -0.3 is 17.8 Å². The molecule has 0 radical (unpaired) electrons. The van der Waals surface area contributed by atoms with Gasteiger partial charge in [-0.15, -0.1) is 5.10 Å². The van der Waals surface area contributed by atoms with E-state index in [2.05, 4.69) is 20.7 Å². The molecule has 114 valence electrons. The van der Waals surface area contributed by atoms with E-state index in [9.17, 15) is 4.79 Å². The Bertz CT molecular complexity index is 920. The van der Waals surface area contributed by atoms with Crippen molar-refractivity contribution >= 4 is 11.9 Å². The van der Waals surface area contributed by atoms with Crippen LogP contribution in [0.1, 0.15) is 10.5 Å².